The smallest absolute Gasteiger partial charge is 0.0367 e. The van der Waals surface area contributed by atoms with Gasteiger partial charge in [-0.05, 0) is 24.7 Å². The molecule has 1 saturated heterocycles. The van der Waals surface area contributed by atoms with Crippen LogP contribution in [-0.2, 0) is 5.33 Å². The largest absolute Gasteiger partial charge is 0.369 e. The van der Waals surface area contributed by atoms with Crippen molar-refractivity contribution in [2.24, 2.45) is 0 Å². The summed E-state index contributed by atoms with van der Waals surface area (Å²) in [6, 6.07) is 8.84. The van der Waals surface area contributed by atoms with Crippen molar-refractivity contribution in [3.63, 3.8) is 0 Å². The van der Waals surface area contributed by atoms with Crippen molar-refractivity contribution in [3.8, 4) is 0 Å². The summed E-state index contributed by atoms with van der Waals surface area (Å²) in [7, 11) is 2.19. The third-order valence-corrected chi connectivity index (χ3v) is 3.61. The number of hydrogen-bond donors (Lipinski definition) is 0. The summed E-state index contributed by atoms with van der Waals surface area (Å²) >= 11 is 3.47. The lowest BCUT2D eigenvalue weighted by atomic mass is 10.2. The zero-order chi connectivity index (χ0) is 10.7. The zero-order valence-corrected chi connectivity index (χ0v) is 10.7. The quantitative estimate of drug-likeness (QED) is 0.760. The molecule has 2 nitrogen and oxygen atoms in total. The summed E-state index contributed by atoms with van der Waals surface area (Å²) in [5, 5.41) is 0.940. The first-order valence-electron chi connectivity index (χ1n) is 5.38. The van der Waals surface area contributed by atoms with Gasteiger partial charge in [0.15, 0.2) is 0 Å². The second-order valence-corrected chi connectivity index (χ2v) is 4.65. The Balaban J connectivity index is 2.03. The Morgan fingerprint density at radius 3 is 2.20 bits per heavy atom. The molecule has 0 aliphatic carbocycles. The van der Waals surface area contributed by atoms with Crippen LogP contribution in [0.1, 0.15) is 5.56 Å². The van der Waals surface area contributed by atoms with E-state index >= 15 is 0 Å². The van der Waals surface area contributed by atoms with Gasteiger partial charge in [0.05, 0.1) is 0 Å². The molecule has 1 fully saturated rings. The van der Waals surface area contributed by atoms with Gasteiger partial charge in [-0.1, -0.05) is 28.1 Å². The summed E-state index contributed by atoms with van der Waals surface area (Å²) in [6.07, 6.45) is 0. The minimum absolute atomic E-state index is 0.940. The van der Waals surface area contributed by atoms with Crippen LogP contribution in [0.25, 0.3) is 0 Å². The summed E-state index contributed by atoms with van der Waals surface area (Å²) < 4.78 is 0. The minimum Gasteiger partial charge on any atom is -0.369 e. The Bertz CT molecular complexity index is 302. The zero-order valence-electron chi connectivity index (χ0n) is 9.12. The molecule has 0 N–H and O–H groups in total. The molecule has 3 heteroatoms. The first-order valence-corrected chi connectivity index (χ1v) is 6.50. The van der Waals surface area contributed by atoms with Crippen molar-refractivity contribution in [1.29, 1.82) is 0 Å². The number of anilines is 1. The van der Waals surface area contributed by atoms with E-state index in [2.05, 4.69) is 57.0 Å². The van der Waals surface area contributed by atoms with Crippen LogP contribution in [0.3, 0.4) is 0 Å². The lowest BCUT2D eigenvalue weighted by Crippen LogP contribution is -2.44. The molecule has 0 atom stereocenters. The molecule has 1 aliphatic rings. The molecule has 1 aromatic carbocycles. The molecule has 0 bridgehead atoms. The van der Waals surface area contributed by atoms with Crippen LogP contribution < -0.4 is 4.90 Å². The number of alkyl halides is 1. The second-order valence-electron chi connectivity index (χ2n) is 4.09. The van der Waals surface area contributed by atoms with Crippen LogP contribution in [0.2, 0.25) is 0 Å². The number of likely N-dealkylation sites (N-methyl/N-ethyl adjacent to an activating group) is 1. The maximum atomic E-state index is 3.47. The lowest BCUT2D eigenvalue weighted by molar-refractivity contribution is 0.313. The molecule has 2 rings (SSSR count). The molecular weight excluding hydrogens is 252 g/mol. The van der Waals surface area contributed by atoms with E-state index in [1.165, 1.54) is 24.3 Å². The molecule has 1 aliphatic heterocycles. The van der Waals surface area contributed by atoms with E-state index in [1.54, 1.807) is 0 Å². The van der Waals surface area contributed by atoms with Gasteiger partial charge in [-0.15, -0.1) is 0 Å². The summed E-state index contributed by atoms with van der Waals surface area (Å²) in [4.78, 5) is 4.83. The number of nitrogens with zero attached hydrogens (tertiary/aromatic N) is 2. The highest BCUT2D eigenvalue weighted by atomic mass is 79.9. The van der Waals surface area contributed by atoms with E-state index in [4.69, 9.17) is 0 Å². The maximum absolute atomic E-state index is 3.47. The van der Waals surface area contributed by atoms with E-state index in [-0.39, 0.29) is 0 Å². The van der Waals surface area contributed by atoms with Crippen LogP contribution in [-0.4, -0.2) is 38.1 Å². The fraction of sp³-hybridized carbons (Fsp3) is 0.500. The van der Waals surface area contributed by atoms with E-state index in [0.29, 0.717) is 0 Å². The summed E-state index contributed by atoms with van der Waals surface area (Å²) in [6.45, 7) is 4.62. The Kier molecular flexibility index (Phi) is 3.65. The number of benzene rings is 1. The van der Waals surface area contributed by atoms with Gasteiger partial charge < -0.3 is 9.80 Å². The molecular formula is C12H17BrN2. The van der Waals surface area contributed by atoms with Gasteiger partial charge in [-0.3, -0.25) is 0 Å². The lowest BCUT2D eigenvalue weighted by Gasteiger charge is -2.34. The number of hydrogen-bond acceptors (Lipinski definition) is 2. The molecule has 0 spiro atoms. The van der Waals surface area contributed by atoms with Gasteiger partial charge in [0.25, 0.3) is 0 Å². The van der Waals surface area contributed by atoms with E-state index in [9.17, 15) is 0 Å². The molecule has 1 aromatic rings. The number of rotatable bonds is 2. The number of piperazine rings is 1. The average Bonchev–Trinajstić information content (AvgIpc) is 2.30. The number of halogens is 1. The molecule has 0 radical (unpaired) electrons. The maximum Gasteiger partial charge on any atom is 0.0367 e. The molecule has 0 amide bonds. The highest BCUT2D eigenvalue weighted by Crippen LogP contribution is 2.17. The highest BCUT2D eigenvalue weighted by Gasteiger charge is 2.13. The van der Waals surface area contributed by atoms with Crippen LogP contribution in [0.4, 0.5) is 5.69 Å². The fourth-order valence-corrected chi connectivity index (χ4v) is 2.23. The Morgan fingerprint density at radius 2 is 1.67 bits per heavy atom. The van der Waals surface area contributed by atoms with Crippen molar-refractivity contribution < 1.29 is 0 Å². The van der Waals surface area contributed by atoms with Gasteiger partial charge in [-0.2, -0.15) is 0 Å². The SMILES string of the molecule is CN1CCN(c2ccc(CBr)cc2)CC1. The van der Waals surface area contributed by atoms with E-state index in [1.807, 2.05) is 0 Å². The highest BCUT2D eigenvalue weighted by molar-refractivity contribution is 9.08. The van der Waals surface area contributed by atoms with Crippen LogP contribution in [0.5, 0.6) is 0 Å². The fourth-order valence-electron chi connectivity index (χ4n) is 1.86. The molecule has 0 unspecified atom stereocenters. The van der Waals surface area contributed by atoms with E-state index < -0.39 is 0 Å². The summed E-state index contributed by atoms with van der Waals surface area (Å²) in [5.41, 5.74) is 2.70. The topological polar surface area (TPSA) is 6.48 Å². The van der Waals surface area contributed by atoms with Gasteiger partial charge in [-0.25, -0.2) is 0 Å². The van der Waals surface area contributed by atoms with Gasteiger partial charge in [0.1, 0.15) is 0 Å². The van der Waals surface area contributed by atoms with Gasteiger partial charge in [0.2, 0.25) is 0 Å². The van der Waals surface area contributed by atoms with Crippen LogP contribution in [0.15, 0.2) is 24.3 Å². The Morgan fingerprint density at radius 1 is 1.07 bits per heavy atom. The Labute approximate surface area is 100 Å². The van der Waals surface area contributed by atoms with Crippen molar-refractivity contribution >= 4 is 21.6 Å². The van der Waals surface area contributed by atoms with Crippen LogP contribution in [0, 0.1) is 0 Å². The Hall–Kier alpha value is -0.540. The summed E-state index contributed by atoms with van der Waals surface area (Å²) in [5.74, 6) is 0. The molecule has 1 heterocycles. The minimum atomic E-state index is 0.940. The molecule has 82 valence electrons. The third-order valence-electron chi connectivity index (χ3n) is 2.96. The van der Waals surface area contributed by atoms with Crippen molar-refractivity contribution in [3.05, 3.63) is 29.8 Å². The predicted molar refractivity (Wildman–Crippen MR) is 68.8 cm³/mol. The van der Waals surface area contributed by atoms with E-state index in [0.717, 1.165) is 18.4 Å². The molecule has 0 saturated carbocycles. The first kappa shape index (κ1) is 11.0. The third kappa shape index (κ3) is 2.73. The predicted octanol–water partition coefficient (Wildman–Crippen LogP) is 2.33. The monoisotopic (exact) mass is 268 g/mol. The second kappa shape index (κ2) is 4.99. The first-order chi connectivity index (χ1) is 7.29. The average molecular weight is 269 g/mol. The standard InChI is InChI=1S/C12H17BrN2/c1-14-6-8-15(9-7-14)12-4-2-11(10-13)3-5-12/h2-5H,6-10H2,1H3. The van der Waals surface area contributed by atoms with Crippen molar-refractivity contribution in [2.45, 2.75) is 5.33 Å². The normalized spacial score (nSPS) is 18.1. The molecule has 15 heavy (non-hydrogen) atoms. The van der Waals surface area contributed by atoms with Gasteiger partial charge in [0, 0.05) is 37.2 Å². The van der Waals surface area contributed by atoms with Crippen molar-refractivity contribution in [2.75, 3.05) is 38.1 Å². The molecule has 0 aromatic heterocycles. The van der Waals surface area contributed by atoms with Crippen LogP contribution >= 0.6 is 15.9 Å². The van der Waals surface area contributed by atoms with Gasteiger partial charge >= 0.3 is 0 Å². The van der Waals surface area contributed by atoms with Crippen molar-refractivity contribution in [1.82, 2.24) is 4.90 Å².